The van der Waals surface area contributed by atoms with Crippen LogP contribution in [0.4, 0.5) is 5.95 Å². The third-order valence-corrected chi connectivity index (χ3v) is 2.17. The Morgan fingerprint density at radius 2 is 1.83 bits per heavy atom. The number of aryl methyl sites for hydroxylation is 1. The molecule has 9 nitrogen and oxygen atoms in total. The van der Waals surface area contributed by atoms with Gasteiger partial charge in [0.25, 0.3) is 11.9 Å². The molecule has 0 aromatic carbocycles. The molecule has 0 atom stereocenters. The summed E-state index contributed by atoms with van der Waals surface area (Å²) in [5, 5.41) is 8.05. The summed E-state index contributed by atoms with van der Waals surface area (Å²) in [7, 11) is 0. The lowest BCUT2D eigenvalue weighted by molar-refractivity contribution is 0.747. The molecule has 18 heavy (non-hydrogen) atoms. The lowest BCUT2D eigenvalue weighted by Crippen LogP contribution is -2.11. The Bertz CT molecular complexity index is 669. The number of rotatable bonds is 2. The van der Waals surface area contributed by atoms with Crippen molar-refractivity contribution in [1.82, 2.24) is 39.5 Å². The molecule has 0 amide bonds. The van der Waals surface area contributed by atoms with Crippen LogP contribution in [0.5, 0.6) is 0 Å². The smallest absolute Gasteiger partial charge is 0.258 e. The van der Waals surface area contributed by atoms with Gasteiger partial charge in [0.05, 0.1) is 6.20 Å². The fraction of sp³-hybridized carbons (Fsp3) is 0.111. The zero-order chi connectivity index (χ0) is 12.5. The first-order valence-corrected chi connectivity index (χ1v) is 5.10. The van der Waals surface area contributed by atoms with Crippen LogP contribution in [0.2, 0.25) is 0 Å². The third-order valence-electron chi connectivity index (χ3n) is 2.17. The molecule has 0 unspecified atom stereocenters. The maximum atomic E-state index is 5.64. The second-order valence-electron chi connectivity index (χ2n) is 3.60. The normalized spacial score (nSPS) is 10.7. The molecule has 2 N–H and O–H groups in total. The van der Waals surface area contributed by atoms with Gasteiger partial charge < -0.3 is 5.73 Å². The lowest BCUT2D eigenvalue weighted by Gasteiger charge is -2.03. The van der Waals surface area contributed by atoms with Crippen molar-refractivity contribution >= 4 is 5.95 Å². The third kappa shape index (κ3) is 1.77. The van der Waals surface area contributed by atoms with E-state index in [1.165, 1.54) is 22.0 Å². The Labute approximate surface area is 101 Å². The molecule has 0 saturated heterocycles. The van der Waals surface area contributed by atoms with Crippen molar-refractivity contribution in [2.45, 2.75) is 6.92 Å². The molecule has 0 aliphatic heterocycles. The van der Waals surface area contributed by atoms with E-state index in [9.17, 15) is 0 Å². The van der Waals surface area contributed by atoms with Crippen LogP contribution in [0.3, 0.4) is 0 Å². The topological polar surface area (TPSA) is 113 Å². The zero-order valence-electron chi connectivity index (χ0n) is 9.46. The molecule has 0 spiro atoms. The molecule has 0 fully saturated rings. The van der Waals surface area contributed by atoms with Gasteiger partial charge in [-0.3, -0.25) is 0 Å². The number of aromatic nitrogens is 8. The summed E-state index contributed by atoms with van der Waals surface area (Å²) >= 11 is 0. The standard InChI is InChI=1S/C9H9N9/c1-6-2-12-17(3-6)8-14-7(10)15-9(16-8)18-5-11-4-13-18/h2-5H,1H3,(H2,10,14,15,16). The van der Waals surface area contributed by atoms with Gasteiger partial charge in [0.2, 0.25) is 5.95 Å². The minimum Gasteiger partial charge on any atom is -0.368 e. The molecule has 90 valence electrons. The van der Waals surface area contributed by atoms with Gasteiger partial charge in [0.1, 0.15) is 12.7 Å². The number of hydrogen-bond donors (Lipinski definition) is 1. The minimum absolute atomic E-state index is 0.0960. The van der Waals surface area contributed by atoms with E-state index < -0.39 is 0 Å². The van der Waals surface area contributed by atoms with Crippen LogP contribution in [0, 0.1) is 6.92 Å². The molecule has 3 aromatic heterocycles. The second kappa shape index (κ2) is 3.87. The average Bonchev–Trinajstić information content (AvgIpc) is 2.98. The molecule has 0 saturated carbocycles. The first-order chi connectivity index (χ1) is 8.72. The molecule has 3 heterocycles. The second-order valence-corrected chi connectivity index (χ2v) is 3.60. The van der Waals surface area contributed by atoms with Crippen molar-refractivity contribution in [2.75, 3.05) is 5.73 Å². The SMILES string of the molecule is Cc1cnn(-c2nc(N)nc(-n3cncn3)n2)c1. The molecular weight excluding hydrogens is 234 g/mol. The van der Waals surface area contributed by atoms with Crippen molar-refractivity contribution in [3.05, 3.63) is 30.6 Å². The Balaban J connectivity index is 2.11. The van der Waals surface area contributed by atoms with E-state index in [0.717, 1.165) is 5.56 Å². The molecule has 3 rings (SSSR count). The number of hydrogen-bond acceptors (Lipinski definition) is 7. The largest absolute Gasteiger partial charge is 0.368 e. The predicted octanol–water partition coefficient (Wildman–Crippen LogP) is -0.471. The lowest BCUT2D eigenvalue weighted by atomic mass is 10.4. The Hall–Kier alpha value is -2.84. The zero-order valence-corrected chi connectivity index (χ0v) is 9.46. The molecule has 0 aliphatic carbocycles. The number of anilines is 1. The van der Waals surface area contributed by atoms with Gasteiger partial charge in [0.15, 0.2) is 0 Å². The van der Waals surface area contributed by atoms with E-state index in [1.807, 2.05) is 6.92 Å². The predicted molar refractivity (Wildman–Crippen MR) is 61.0 cm³/mol. The van der Waals surface area contributed by atoms with Crippen molar-refractivity contribution in [2.24, 2.45) is 0 Å². The van der Waals surface area contributed by atoms with Crippen molar-refractivity contribution < 1.29 is 0 Å². The van der Waals surface area contributed by atoms with Gasteiger partial charge in [-0.25, -0.2) is 9.67 Å². The van der Waals surface area contributed by atoms with Crippen molar-refractivity contribution in [1.29, 1.82) is 0 Å². The average molecular weight is 243 g/mol. The summed E-state index contributed by atoms with van der Waals surface area (Å²) in [5.41, 5.74) is 6.64. The Morgan fingerprint density at radius 1 is 1.06 bits per heavy atom. The fourth-order valence-corrected chi connectivity index (χ4v) is 1.41. The summed E-state index contributed by atoms with van der Waals surface area (Å²) in [6, 6.07) is 0. The molecule has 9 heteroatoms. The van der Waals surface area contributed by atoms with Crippen molar-refractivity contribution in [3.63, 3.8) is 0 Å². The van der Waals surface area contributed by atoms with Crippen LogP contribution < -0.4 is 5.73 Å². The van der Waals surface area contributed by atoms with Crippen LogP contribution in [-0.2, 0) is 0 Å². The van der Waals surface area contributed by atoms with Gasteiger partial charge in [-0.15, -0.1) is 0 Å². The number of nitrogens with two attached hydrogens (primary N) is 1. The highest BCUT2D eigenvalue weighted by molar-refractivity contribution is 5.27. The maximum absolute atomic E-state index is 5.64. The van der Waals surface area contributed by atoms with Crippen LogP contribution in [0.15, 0.2) is 25.0 Å². The fourth-order valence-electron chi connectivity index (χ4n) is 1.41. The summed E-state index contributed by atoms with van der Waals surface area (Å²) in [4.78, 5) is 16.0. The monoisotopic (exact) mass is 243 g/mol. The highest BCUT2D eigenvalue weighted by atomic mass is 15.4. The van der Waals surface area contributed by atoms with Gasteiger partial charge in [-0.2, -0.15) is 29.8 Å². The van der Waals surface area contributed by atoms with Gasteiger partial charge in [0, 0.05) is 6.20 Å². The first kappa shape index (κ1) is 10.3. The van der Waals surface area contributed by atoms with E-state index in [-0.39, 0.29) is 5.95 Å². The van der Waals surface area contributed by atoms with Crippen LogP contribution in [0.1, 0.15) is 5.56 Å². The summed E-state index contributed by atoms with van der Waals surface area (Å²) in [6.45, 7) is 1.92. The highest BCUT2D eigenvalue weighted by Gasteiger charge is 2.09. The summed E-state index contributed by atoms with van der Waals surface area (Å²) in [6.07, 6.45) is 6.36. The Morgan fingerprint density at radius 3 is 2.44 bits per heavy atom. The van der Waals surface area contributed by atoms with Crippen LogP contribution in [-0.4, -0.2) is 39.5 Å². The van der Waals surface area contributed by atoms with E-state index in [2.05, 4.69) is 30.1 Å². The summed E-state index contributed by atoms with van der Waals surface area (Å²) in [5.74, 6) is 0.725. The number of nitrogens with zero attached hydrogens (tertiary/aromatic N) is 8. The highest BCUT2D eigenvalue weighted by Crippen LogP contribution is 2.06. The van der Waals surface area contributed by atoms with E-state index >= 15 is 0 Å². The first-order valence-electron chi connectivity index (χ1n) is 5.10. The molecule has 3 aromatic rings. The van der Waals surface area contributed by atoms with E-state index in [4.69, 9.17) is 5.73 Å². The quantitative estimate of drug-likeness (QED) is 0.647. The molecule has 0 radical (unpaired) electrons. The maximum Gasteiger partial charge on any atom is 0.258 e. The van der Waals surface area contributed by atoms with Crippen LogP contribution >= 0.6 is 0 Å². The van der Waals surface area contributed by atoms with Gasteiger partial charge >= 0.3 is 0 Å². The van der Waals surface area contributed by atoms with E-state index in [0.29, 0.717) is 11.9 Å². The van der Waals surface area contributed by atoms with E-state index in [1.54, 1.807) is 12.4 Å². The van der Waals surface area contributed by atoms with Crippen molar-refractivity contribution in [3.8, 4) is 11.9 Å². The Kier molecular flexibility index (Phi) is 2.22. The molecule has 0 bridgehead atoms. The molecular formula is C9H9N9. The minimum atomic E-state index is 0.0960. The molecule has 0 aliphatic rings. The number of nitrogen functional groups attached to an aromatic ring is 1. The van der Waals surface area contributed by atoms with Gasteiger partial charge in [-0.05, 0) is 12.5 Å². The van der Waals surface area contributed by atoms with Gasteiger partial charge in [-0.1, -0.05) is 0 Å². The summed E-state index contributed by atoms with van der Waals surface area (Å²) < 4.78 is 2.92. The van der Waals surface area contributed by atoms with Crippen LogP contribution in [0.25, 0.3) is 11.9 Å².